The molecule has 37 heteroatoms. The number of aliphatic hydroxyl groups is 12. The maximum atomic E-state index is 14.0. The third-order valence-electron chi connectivity index (χ3n) is 14.1. The molecule has 35 nitrogen and oxygen atoms in total. The third kappa shape index (κ3) is 21.2. The molecule has 498 valence electrons. The van der Waals surface area contributed by atoms with Crippen LogP contribution in [0.1, 0.15) is 36.8 Å². The summed E-state index contributed by atoms with van der Waals surface area (Å²) in [7, 11) is -7.88. The van der Waals surface area contributed by atoms with Gasteiger partial charge in [0.15, 0.2) is 25.2 Å². The fourth-order valence-corrected chi connectivity index (χ4v) is 10.7. The number of nitrogens with two attached hydrogens (primary N) is 1. The first-order valence-corrected chi connectivity index (χ1v) is 30.4. The molecule has 3 amide bonds. The third-order valence-corrected chi connectivity index (χ3v) is 15.8. The first-order valence-electron chi connectivity index (χ1n) is 27.8. The molecule has 8 unspecified atom stereocenters. The lowest BCUT2D eigenvalue weighted by Crippen LogP contribution is -2.64. The molecule has 21 atom stereocenters. The van der Waals surface area contributed by atoms with Crippen molar-refractivity contribution in [2.45, 2.75) is 168 Å². The van der Waals surface area contributed by atoms with Gasteiger partial charge in [0.2, 0.25) is 17.7 Å². The van der Waals surface area contributed by atoms with Gasteiger partial charge in [-0.3, -0.25) is 37.3 Å². The molecule has 17 N–H and O–H groups in total. The van der Waals surface area contributed by atoms with Gasteiger partial charge < -0.3 is 115 Å². The molecule has 2 aromatic carbocycles. The number of carbonyl (C=O) groups excluding carboxylic acids is 3. The zero-order chi connectivity index (χ0) is 64.1. The Balaban J connectivity index is 0.977. The molecule has 0 aliphatic carbocycles. The molecule has 0 spiro atoms. The van der Waals surface area contributed by atoms with E-state index in [1.807, 2.05) is 0 Å². The van der Waals surface area contributed by atoms with Crippen LogP contribution in [0.25, 0.3) is 0 Å². The van der Waals surface area contributed by atoms with Gasteiger partial charge in [0.05, 0.1) is 52.9 Å². The Kier molecular flexibility index (Phi) is 30.1. The van der Waals surface area contributed by atoms with Gasteiger partial charge in [0, 0.05) is 19.5 Å². The predicted octanol–water partition coefficient (Wildman–Crippen LogP) is -5.89. The van der Waals surface area contributed by atoms with Crippen LogP contribution in [-0.4, -0.2) is 267 Å². The number of carbonyl (C=O) groups is 3. The standard InChI is InChI=1S/C51H78N4O31P2/c52-76-25-34(59)55-28(47(70)54-16-8-18-75-51-45(41(66)35(60)30(20-57)82-51)85-48-43(68)39(64)37(62)31(83-48)23-77-87(71)72)13-14-33(58)53-15-7-17-74-50-46(42(67)36(61)29(19-56)81-50)86-49-44(69)40(65)38(63)32(84-49)24-80-88(73,78-21-26-9-3-1-4-10-26)79-22-27-11-5-2-6-12-27/h1-6,9-12,28-32,35-46,48-51,56-57,60-69H,7-8,13-25,52H2,(H,53,58)(H,54,70)(H,55,59)/t28-,29?,30?,31?,32?,35+,36-,37+,38-,39-,40?,41-,42?,43?,44-,45?,46-,48+,49-,50+,51-/m0/s1. The van der Waals surface area contributed by atoms with E-state index in [-0.39, 0.29) is 65.2 Å². The molecule has 0 bridgehead atoms. The van der Waals surface area contributed by atoms with Crippen LogP contribution in [0, 0.1) is 0 Å². The van der Waals surface area contributed by atoms with E-state index in [0.717, 1.165) is 0 Å². The summed E-state index contributed by atoms with van der Waals surface area (Å²) >= 11 is 0. The van der Waals surface area contributed by atoms with E-state index >= 15 is 0 Å². The Bertz CT molecular complexity index is 2490. The summed E-state index contributed by atoms with van der Waals surface area (Å²) in [5.41, 5.74) is 1.23. The fourth-order valence-electron chi connectivity index (χ4n) is 9.23. The molecule has 4 fully saturated rings. The smallest absolute Gasteiger partial charge is 0.394 e. The number of aliphatic hydroxyl groups excluding tert-OH is 12. The number of rotatable bonds is 35. The largest absolute Gasteiger partial charge is 0.475 e. The molecular weight excluding hydrogens is 1230 g/mol. The van der Waals surface area contributed by atoms with Gasteiger partial charge in [0.1, 0.15) is 110 Å². The van der Waals surface area contributed by atoms with E-state index in [4.69, 9.17) is 57.4 Å². The minimum Gasteiger partial charge on any atom is -0.394 e. The fraction of sp³-hybridized carbons (Fsp3) is 0.706. The van der Waals surface area contributed by atoms with Gasteiger partial charge in [-0.25, -0.2) is 19.6 Å². The summed E-state index contributed by atoms with van der Waals surface area (Å²) in [6.45, 7) is -5.07. The van der Waals surface area contributed by atoms with Crippen LogP contribution < -0.4 is 21.8 Å². The van der Waals surface area contributed by atoms with E-state index in [1.54, 1.807) is 60.7 Å². The van der Waals surface area contributed by atoms with Gasteiger partial charge in [-0.15, -0.1) is 0 Å². The number of amides is 3. The van der Waals surface area contributed by atoms with Crippen molar-refractivity contribution in [2.24, 2.45) is 5.90 Å². The second-order valence-electron chi connectivity index (χ2n) is 20.5. The highest BCUT2D eigenvalue weighted by atomic mass is 31.2. The van der Waals surface area contributed by atoms with Crippen molar-refractivity contribution in [3.8, 4) is 0 Å². The summed E-state index contributed by atoms with van der Waals surface area (Å²) in [6, 6.07) is 15.9. The average molecular weight is 1310 g/mol. The Hall–Kier alpha value is -4.06. The van der Waals surface area contributed by atoms with Gasteiger partial charge in [-0.05, 0) is 30.4 Å². The topological polar surface area (TPSA) is 527 Å². The minimum absolute atomic E-state index is 0.0155. The Morgan fingerprint density at radius 3 is 1.45 bits per heavy atom. The molecule has 88 heavy (non-hydrogen) atoms. The zero-order valence-corrected chi connectivity index (χ0v) is 48.9. The van der Waals surface area contributed by atoms with Crippen LogP contribution in [0.3, 0.4) is 0 Å². The molecule has 4 aliphatic heterocycles. The van der Waals surface area contributed by atoms with Gasteiger partial charge in [0.25, 0.3) is 0 Å². The number of hydrogen-bond acceptors (Lipinski definition) is 32. The summed E-state index contributed by atoms with van der Waals surface area (Å²) in [4.78, 5) is 43.2. The highest BCUT2D eigenvalue weighted by molar-refractivity contribution is 7.48. The molecule has 4 saturated heterocycles. The van der Waals surface area contributed by atoms with Crippen LogP contribution in [0.4, 0.5) is 0 Å². The molecule has 4 heterocycles. The molecule has 4 aliphatic rings. The van der Waals surface area contributed by atoms with Crippen LogP contribution >= 0.6 is 15.7 Å². The molecule has 0 saturated carbocycles. The minimum atomic E-state index is -4.47. The Morgan fingerprint density at radius 1 is 0.557 bits per heavy atom. The summed E-state index contributed by atoms with van der Waals surface area (Å²) in [5, 5.41) is 135. The summed E-state index contributed by atoms with van der Waals surface area (Å²) in [5.74, 6) is 2.82. The van der Waals surface area contributed by atoms with Gasteiger partial charge in [-0.2, -0.15) is 0 Å². The highest BCUT2D eigenvalue weighted by Crippen LogP contribution is 2.51. The van der Waals surface area contributed by atoms with E-state index in [2.05, 4.69) is 25.3 Å². The van der Waals surface area contributed by atoms with E-state index in [0.29, 0.717) is 11.1 Å². The molecule has 0 radical (unpaired) electrons. The second-order valence-corrected chi connectivity index (χ2v) is 22.9. The van der Waals surface area contributed by atoms with E-state index in [9.17, 15) is 89.4 Å². The number of ether oxygens (including phenoxy) is 8. The first kappa shape index (κ1) is 73.0. The van der Waals surface area contributed by atoms with Crippen LogP contribution in [-0.2, 0) is 102 Å². The second kappa shape index (κ2) is 36.3. The van der Waals surface area contributed by atoms with Gasteiger partial charge in [-0.1, -0.05) is 60.7 Å². The number of benzene rings is 2. The van der Waals surface area contributed by atoms with E-state index < -0.39 is 195 Å². The maximum Gasteiger partial charge on any atom is 0.475 e. The molecule has 0 aromatic heterocycles. The normalized spacial score (nSPS) is 33.1. The van der Waals surface area contributed by atoms with Crippen molar-refractivity contribution in [3.05, 3.63) is 71.8 Å². The average Bonchev–Trinajstić information content (AvgIpc) is 2.10. The number of phosphoric acid groups is 1. The van der Waals surface area contributed by atoms with Crippen molar-refractivity contribution < 1.29 is 150 Å². The maximum absolute atomic E-state index is 14.0. The summed E-state index contributed by atoms with van der Waals surface area (Å²) < 4.78 is 103. The van der Waals surface area contributed by atoms with Crippen LogP contribution in [0.5, 0.6) is 0 Å². The van der Waals surface area contributed by atoms with Crippen molar-refractivity contribution >= 4 is 33.5 Å². The Labute approximate surface area is 503 Å². The molecule has 6 rings (SSSR count). The monoisotopic (exact) mass is 1300 g/mol. The lowest BCUT2D eigenvalue weighted by molar-refractivity contribution is -0.367. The number of nitrogens with one attached hydrogen (secondary N) is 3. The van der Waals surface area contributed by atoms with Crippen LogP contribution in [0.2, 0.25) is 0 Å². The van der Waals surface area contributed by atoms with Crippen molar-refractivity contribution in [1.82, 2.24) is 16.0 Å². The lowest BCUT2D eigenvalue weighted by Gasteiger charge is -2.46. The summed E-state index contributed by atoms with van der Waals surface area (Å²) in [6.07, 6.45) is -36.1. The highest BCUT2D eigenvalue weighted by Gasteiger charge is 2.53. The molecular formula is C51H78N4O31P2. The number of hydrogen-bond donors (Lipinski definition) is 16. The lowest BCUT2D eigenvalue weighted by atomic mass is 9.97. The van der Waals surface area contributed by atoms with Crippen molar-refractivity contribution in [2.75, 3.05) is 59.3 Å². The SMILES string of the molecule is NOCC(=O)N[C@@H](CCC(=O)NCCCO[C@@H]1OC(CO)[C@H](O)C(O)[C@@H]1O[C@@H]1OC(COP(=O)(OCc2ccccc2)OCc2ccccc2)[C@H](O)C(O)[C@@H]1O)C(=O)NCCCO[C@H]1OC(CO)[C@@H](O)[C@H](O)C1O[C@H]1OC(COP(=O)=O)[C@@H](O)[C@H](O)C1O. The predicted molar refractivity (Wildman–Crippen MR) is 287 cm³/mol. The first-order chi connectivity index (χ1) is 42.1. The Morgan fingerprint density at radius 2 is 1.00 bits per heavy atom. The van der Waals surface area contributed by atoms with E-state index in [1.165, 1.54) is 0 Å². The van der Waals surface area contributed by atoms with Gasteiger partial charge >= 0.3 is 15.7 Å². The van der Waals surface area contributed by atoms with Crippen LogP contribution in [0.15, 0.2) is 60.7 Å². The zero-order valence-electron chi connectivity index (χ0n) is 47.1. The van der Waals surface area contributed by atoms with Crippen molar-refractivity contribution in [3.63, 3.8) is 0 Å². The quantitative estimate of drug-likeness (QED) is 0.0174. The van der Waals surface area contributed by atoms with Crippen molar-refractivity contribution in [1.29, 1.82) is 0 Å². The number of phosphoric ester groups is 1. The molecule has 2 aromatic rings.